The van der Waals surface area contributed by atoms with Gasteiger partial charge in [0.05, 0.1) is 12.1 Å². The molecule has 0 aromatic heterocycles. The molecule has 0 radical (unpaired) electrons. The third-order valence-corrected chi connectivity index (χ3v) is 5.12. The number of amides is 1. The third kappa shape index (κ3) is 6.15. The normalized spacial score (nSPS) is 10.4. The zero-order chi connectivity index (χ0) is 21.5. The fraction of sp³-hybridized carbons (Fsp3) is 0.174. The van der Waals surface area contributed by atoms with Crippen LogP contribution in [0, 0.1) is 6.92 Å². The highest BCUT2D eigenvalue weighted by Crippen LogP contribution is 2.36. The molecular formula is C23H22BrClN2O3. The maximum atomic E-state index is 12.2. The van der Waals surface area contributed by atoms with Gasteiger partial charge in [-0.15, -0.1) is 0 Å². The van der Waals surface area contributed by atoms with E-state index < -0.39 is 0 Å². The van der Waals surface area contributed by atoms with E-state index in [1.54, 1.807) is 6.07 Å². The number of carbonyl (C=O) groups is 1. The Bertz CT molecular complexity index is 1010. The Morgan fingerprint density at radius 2 is 1.70 bits per heavy atom. The van der Waals surface area contributed by atoms with Crippen molar-refractivity contribution in [2.24, 2.45) is 0 Å². The molecule has 0 aliphatic heterocycles. The molecule has 7 heteroatoms. The van der Waals surface area contributed by atoms with E-state index in [0.717, 1.165) is 21.3 Å². The molecule has 156 valence electrons. The summed E-state index contributed by atoms with van der Waals surface area (Å²) in [7, 11) is 1.54. The second-order valence-corrected chi connectivity index (χ2v) is 8.00. The SMILES string of the molecule is COc1cc(CNc2ccc(Br)cc2)cc(Cl)c1OCC(=O)Nc1ccc(C)cc1. The van der Waals surface area contributed by atoms with Crippen LogP contribution < -0.4 is 20.1 Å². The summed E-state index contributed by atoms with van der Waals surface area (Å²) in [6, 6.07) is 19.1. The van der Waals surface area contributed by atoms with Crippen molar-refractivity contribution in [1.82, 2.24) is 0 Å². The van der Waals surface area contributed by atoms with Gasteiger partial charge in [0.15, 0.2) is 18.1 Å². The highest BCUT2D eigenvalue weighted by molar-refractivity contribution is 9.10. The summed E-state index contributed by atoms with van der Waals surface area (Å²) in [5, 5.41) is 6.50. The second kappa shape index (κ2) is 10.4. The molecule has 0 saturated carbocycles. The molecule has 5 nitrogen and oxygen atoms in total. The van der Waals surface area contributed by atoms with Crippen molar-refractivity contribution in [2.75, 3.05) is 24.4 Å². The number of anilines is 2. The topological polar surface area (TPSA) is 59.6 Å². The largest absolute Gasteiger partial charge is 0.493 e. The predicted octanol–water partition coefficient (Wildman–Crippen LogP) is 6.05. The Morgan fingerprint density at radius 1 is 1.03 bits per heavy atom. The van der Waals surface area contributed by atoms with Gasteiger partial charge in [-0.3, -0.25) is 4.79 Å². The van der Waals surface area contributed by atoms with Gasteiger partial charge in [-0.05, 0) is 61.0 Å². The number of ether oxygens (including phenoxy) is 2. The standard InChI is InChI=1S/C23H22BrClN2O3/c1-15-3-7-19(8-4-15)27-22(28)14-30-23-20(25)11-16(12-21(23)29-2)13-26-18-9-5-17(24)6-10-18/h3-12,26H,13-14H2,1-2H3,(H,27,28). The quantitative estimate of drug-likeness (QED) is 0.404. The smallest absolute Gasteiger partial charge is 0.262 e. The van der Waals surface area contributed by atoms with E-state index in [-0.39, 0.29) is 12.5 Å². The lowest BCUT2D eigenvalue weighted by molar-refractivity contribution is -0.118. The Morgan fingerprint density at radius 3 is 2.37 bits per heavy atom. The first-order chi connectivity index (χ1) is 14.4. The average molecular weight is 490 g/mol. The molecule has 0 fully saturated rings. The lowest BCUT2D eigenvalue weighted by Crippen LogP contribution is -2.20. The van der Waals surface area contributed by atoms with Gasteiger partial charge in [-0.2, -0.15) is 0 Å². The minimum Gasteiger partial charge on any atom is -0.493 e. The van der Waals surface area contributed by atoms with Gasteiger partial charge in [0.1, 0.15) is 0 Å². The minimum atomic E-state index is -0.280. The van der Waals surface area contributed by atoms with Crippen LogP contribution in [-0.4, -0.2) is 19.6 Å². The number of carbonyl (C=O) groups excluding carboxylic acids is 1. The Labute approximate surface area is 189 Å². The maximum Gasteiger partial charge on any atom is 0.262 e. The van der Waals surface area contributed by atoms with E-state index in [2.05, 4.69) is 26.6 Å². The number of hydrogen-bond acceptors (Lipinski definition) is 4. The zero-order valence-corrected chi connectivity index (χ0v) is 19.0. The van der Waals surface area contributed by atoms with Gasteiger partial charge >= 0.3 is 0 Å². The number of methoxy groups -OCH3 is 1. The number of rotatable bonds is 8. The summed E-state index contributed by atoms with van der Waals surface area (Å²) >= 11 is 9.83. The first-order valence-electron chi connectivity index (χ1n) is 9.30. The van der Waals surface area contributed by atoms with E-state index in [4.69, 9.17) is 21.1 Å². The highest BCUT2D eigenvalue weighted by atomic mass is 79.9. The third-order valence-electron chi connectivity index (χ3n) is 4.31. The van der Waals surface area contributed by atoms with Crippen LogP contribution in [0.15, 0.2) is 65.1 Å². The van der Waals surface area contributed by atoms with Crippen LogP contribution in [0.5, 0.6) is 11.5 Å². The summed E-state index contributed by atoms with van der Waals surface area (Å²) in [5.41, 5.74) is 3.75. The molecule has 0 atom stereocenters. The fourth-order valence-electron chi connectivity index (χ4n) is 2.76. The number of halogens is 2. The van der Waals surface area contributed by atoms with E-state index in [0.29, 0.717) is 28.8 Å². The van der Waals surface area contributed by atoms with Crippen LogP contribution in [0.25, 0.3) is 0 Å². The van der Waals surface area contributed by atoms with E-state index in [9.17, 15) is 4.79 Å². The van der Waals surface area contributed by atoms with Crippen molar-refractivity contribution in [2.45, 2.75) is 13.5 Å². The summed E-state index contributed by atoms with van der Waals surface area (Å²) in [5.74, 6) is 0.529. The van der Waals surface area contributed by atoms with Crippen molar-refractivity contribution in [3.63, 3.8) is 0 Å². The van der Waals surface area contributed by atoms with E-state index >= 15 is 0 Å². The molecule has 3 aromatic rings. The highest BCUT2D eigenvalue weighted by Gasteiger charge is 2.14. The zero-order valence-electron chi connectivity index (χ0n) is 16.7. The number of aryl methyl sites for hydroxylation is 1. The second-order valence-electron chi connectivity index (χ2n) is 6.67. The molecule has 30 heavy (non-hydrogen) atoms. The van der Waals surface area contributed by atoms with Gasteiger partial charge in [0.25, 0.3) is 5.91 Å². The lowest BCUT2D eigenvalue weighted by Gasteiger charge is -2.15. The van der Waals surface area contributed by atoms with Gasteiger partial charge in [-0.25, -0.2) is 0 Å². The average Bonchev–Trinajstić information content (AvgIpc) is 2.74. The molecule has 0 heterocycles. The predicted molar refractivity (Wildman–Crippen MR) is 125 cm³/mol. The van der Waals surface area contributed by atoms with Gasteiger partial charge in [-0.1, -0.05) is 45.2 Å². The first-order valence-corrected chi connectivity index (χ1v) is 10.5. The molecule has 0 saturated heterocycles. The number of nitrogens with one attached hydrogen (secondary N) is 2. The molecule has 0 aliphatic rings. The van der Waals surface area contributed by atoms with Crippen LogP contribution >= 0.6 is 27.5 Å². The first kappa shape index (κ1) is 22.0. The maximum absolute atomic E-state index is 12.2. The van der Waals surface area contributed by atoms with Gasteiger partial charge < -0.3 is 20.1 Å². The van der Waals surface area contributed by atoms with Crippen LogP contribution in [0.3, 0.4) is 0 Å². The van der Waals surface area contributed by atoms with Crippen molar-refractivity contribution in [3.8, 4) is 11.5 Å². The fourth-order valence-corrected chi connectivity index (χ4v) is 3.31. The van der Waals surface area contributed by atoms with Gasteiger partial charge in [0, 0.05) is 22.4 Å². The summed E-state index contributed by atoms with van der Waals surface area (Å²) in [6.07, 6.45) is 0. The van der Waals surface area contributed by atoms with Crippen LogP contribution in [-0.2, 0) is 11.3 Å². The van der Waals surface area contributed by atoms with E-state index in [1.807, 2.05) is 61.5 Å². The summed E-state index contributed by atoms with van der Waals surface area (Å²) in [6.45, 7) is 2.37. The van der Waals surface area contributed by atoms with Gasteiger partial charge in [0.2, 0.25) is 0 Å². The molecule has 3 rings (SSSR count). The monoisotopic (exact) mass is 488 g/mol. The van der Waals surface area contributed by atoms with E-state index in [1.165, 1.54) is 7.11 Å². The van der Waals surface area contributed by atoms with Crippen molar-refractivity contribution in [1.29, 1.82) is 0 Å². The Kier molecular flexibility index (Phi) is 7.60. The molecule has 0 bridgehead atoms. The number of hydrogen-bond donors (Lipinski definition) is 2. The van der Waals surface area contributed by atoms with Crippen LogP contribution in [0.4, 0.5) is 11.4 Å². The molecular weight excluding hydrogens is 468 g/mol. The molecule has 0 spiro atoms. The van der Waals surface area contributed by atoms with Crippen LogP contribution in [0.2, 0.25) is 5.02 Å². The Hall–Kier alpha value is -2.70. The van der Waals surface area contributed by atoms with Crippen molar-refractivity contribution >= 4 is 44.8 Å². The molecule has 3 aromatic carbocycles. The number of benzene rings is 3. The summed E-state index contributed by atoms with van der Waals surface area (Å²) in [4.78, 5) is 12.2. The molecule has 0 unspecified atom stereocenters. The summed E-state index contributed by atoms with van der Waals surface area (Å²) < 4.78 is 12.1. The Balaban J connectivity index is 1.62. The molecule has 2 N–H and O–H groups in total. The molecule has 1 amide bonds. The van der Waals surface area contributed by atoms with Crippen molar-refractivity contribution < 1.29 is 14.3 Å². The van der Waals surface area contributed by atoms with Crippen molar-refractivity contribution in [3.05, 3.63) is 81.3 Å². The lowest BCUT2D eigenvalue weighted by atomic mass is 10.2. The minimum absolute atomic E-state index is 0.180. The van der Waals surface area contributed by atoms with Crippen LogP contribution in [0.1, 0.15) is 11.1 Å². The molecule has 0 aliphatic carbocycles.